The third-order valence-corrected chi connectivity index (χ3v) is 8.20. The van der Waals surface area contributed by atoms with Gasteiger partial charge in [-0.3, -0.25) is 20.4 Å². The van der Waals surface area contributed by atoms with Crippen molar-refractivity contribution in [3.05, 3.63) is 59.1 Å². The monoisotopic (exact) mass is 481 g/mol. The second-order valence-corrected chi connectivity index (χ2v) is 10.5. The molecule has 0 spiro atoms. The molecule has 2 aromatic carbocycles. The standard InChI is InChI=1S/C21H24ClN3O4S2/c22-18-9-2-3-10-19(18)30-14-11-20(26)23-24-21(27)16-7-6-8-17(15-16)31(28,29)25-12-4-1-5-13-25/h2-3,6-10,15H,1,4-5,11-14H2,(H,23,26)(H,24,27). The highest BCUT2D eigenvalue weighted by atomic mass is 35.5. The molecule has 0 radical (unpaired) electrons. The van der Waals surface area contributed by atoms with Gasteiger partial charge in [-0.05, 0) is 43.2 Å². The van der Waals surface area contributed by atoms with Crippen LogP contribution < -0.4 is 10.9 Å². The number of hydrogen-bond donors (Lipinski definition) is 2. The van der Waals surface area contributed by atoms with Gasteiger partial charge in [0.2, 0.25) is 15.9 Å². The summed E-state index contributed by atoms with van der Waals surface area (Å²) in [6.07, 6.45) is 2.87. The van der Waals surface area contributed by atoms with E-state index >= 15 is 0 Å². The molecule has 7 nitrogen and oxygen atoms in total. The lowest BCUT2D eigenvalue weighted by Crippen LogP contribution is -2.41. The molecule has 2 amide bonds. The number of halogens is 1. The molecule has 0 unspecified atom stereocenters. The minimum absolute atomic E-state index is 0.0736. The lowest BCUT2D eigenvalue weighted by molar-refractivity contribution is -0.121. The molecule has 1 fully saturated rings. The van der Waals surface area contributed by atoms with Crippen molar-refractivity contribution in [2.45, 2.75) is 35.5 Å². The number of amides is 2. The molecule has 3 rings (SSSR count). The fraction of sp³-hybridized carbons (Fsp3) is 0.333. The number of benzene rings is 2. The van der Waals surface area contributed by atoms with E-state index in [2.05, 4.69) is 10.9 Å². The zero-order valence-corrected chi connectivity index (χ0v) is 19.2. The van der Waals surface area contributed by atoms with E-state index in [1.807, 2.05) is 18.2 Å². The molecule has 0 aliphatic carbocycles. The van der Waals surface area contributed by atoms with E-state index in [0.717, 1.165) is 24.2 Å². The number of nitrogens with one attached hydrogen (secondary N) is 2. The summed E-state index contributed by atoms with van der Waals surface area (Å²) < 4.78 is 27.1. The Balaban J connectivity index is 1.52. The maximum Gasteiger partial charge on any atom is 0.269 e. The average Bonchev–Trinajstić information content (AvgIpc) is 2.79. The summed E-state index contributed by atoms with van der Waals surface area (Å²) in [5.41, 5.74) is 4.85. The van der Waals surface area contributed by atoms with Crippen LogP contribution in [0.2, 0.25) is 5.02 Å². The Bertz CT molecular complexity index is 1040. The van der Waals surface area contributed by atoms with Gasteiger partial charge in [0, 0.05) is 35.7 Å². The van der Waals surface area contributed by atoms with E-state index in [9.17, 15) is 18.0 Å². The normalized spacial score (nSPS) is 14.7. The van der Waals surface area contributed by atoms with Crippen molar-refractivity contribution >= 4 is 45.2 Å². The first kappa shape index (κ1) is 23.6. The number of rotatable bonds is 7. The van der Waals surface area contributed by atoms with Crippen LogP contribution >= 0.6 is 23.4 Å². The molecular weight excluding hydrogens is 458 g/mol. The zero-order chi connectivity index (χ0) is 22.3. The lowest BCUT2D eigenvalue weighted by atomic mass is 10.2. The number of nitrogens with zero attached hydrogens (tertiary/aromatic N) is 1. The van der Waals surface area contributed by atoms with Crippen LogP contribution in [0.4, 0.5) is 0 Å². The van der Waals surface area contributed by atoms with Crippen molar-refractivity contribution < 1.29 is 18.0 Å². The SMILES string of the molecule is O=C(CCSc1ccccc1Cl)NNC(=O)c1cccc(S(=O)(=O)N2CCCCC2)c1. The molecule has 166 valence electrons. The summed E-state index contributed by atoms with van der Waals surface area (Å²) in [7, 11) is -3.64. The van der Waals surface area contributed by atoms with Gasteiger partial charge in [0.1, 0.15) is 0 Å². The summed E-state index contributed by atoms with van der Waals surface area (Å²) in [6, 6.07) is 13.2. The molecule has 0 bridgehead atoms. The molecule has 2 aromatic rings. The quantitative estimate of drug-likeness (QED) is 0.466. The van der Waals surface area contributed by atoms with Gasteiger partial charge in [0.25, 0.3) is 5.91 Å². The van der Waals surface area contributed by atoms with Crippen molar-refractivity contribution in [3.63, 3.8) is 0 Å². The fourth-order valence-corrected chi connectivity index (χ4v) is 5.88. The Morgan fingerprint density at radius 1 is 1.00 bits per heavy atom. The van der Waals surface area contributed by atoms with Crippen LogP contribution in [-0.4, -0.2) is 43.4 Å². The predicted octanol–water partition coefficient (Wildman–Crippen LogP) is 3.46. The van der Waals surface area contributed by atoms with Gasteiger partial charge < -0.3 is 0 Å². The van der Waals surface area contributed by atoms with E-state index in [-0.39, 0.29) is 22.8 Å². The van der Waals surface area contributed by atoms with Gasteiger partial charge in [0.05, 0.1) is 9.92 Å². The van der Waals surface area contributed by atoms with Crippen molar-refractivity contribution in [3.8, 4) is 0 Å². The number of hydrogen-bond acceptors (Lipinski definition) is 5. The average molecular weight is 482 g/mol. The molecule has 0 saturated carbocycles. The van der Waals surface area contributed by atoms with Crippen molar-refractivity contribution in [1.29, 1.82) is 0 Å². The number of hydrazine groups is 1. The molecule has 1 heterocycles. The lowest BCUT2D eigenvalue weighted by Gasteiger charge is -2.26. The van der Waals surface area contributed by atoms with Crippen molar-refractivity contribution in [2.75, 3.05) is 18.8 Å². The Morgan fingerprint density at radius 2 is 1.74 bits per heavy atom. The predicted molar refractivity (Wildman–Crippen MR) is 121 cm³/mol. The second kappa shape index (κ2) is 11.0. The van der Waals surface area contributed by atoms with Crippen LogP contribution in [0.25, 0.3) is 0 Å². The van der Waals surface area contributed by atoms with E-state index in [0.29, 0.717) is 23.9 Å². The van der Waals surface area contributed by atoms with Crippen LogP contribution in [0.15, 0.2) is 58.3 Å². The highest BCUT2D eigenvalue weighted by Crippen LogP contribution is 2.26. The number of piperidine rings is 1. The Kier molecular flexibility index (Phi) is 8.36. The van der Waals surface area contributed by atoms with Crippen LogP contribution in [0.1, 0.15) is 36.0 Å². The zero-order valence-electron chi connectivity index (χ0n) is 16.8. The summed E-state index contributed by atoms with van der Waals surface area (Å²) in [5.74, 6) is -0.442. The minimum atomic E-state index is -3.64. The van der Waals surface area contributed by atoms with Crippen LogP contribution in [-0.2, 0) is 14.8 Å². The van der Waals surface area contributed by atoms with Crippen LogP contribution in [0.3, 0.4) is 0 Å². The minimum Gasteiger partial charge on any atom is -0.273 e. The summed E-state index contributed by atoms with van der Waals surface area (Å²) >= 11 is 7.53. The number of carbonyl (C=O) groups is 2. The fourth-order valence-electron chi connectivity index (χ4n) is 3.13. The Hall–Kier alpha value is -2.07. The van der Waals surface area contributed by atoms with E-state index in [4.69, 9.17) is 11.6 Å². The summed E-state index contributed by atoms with van der Waals surface area (Å²) in [5, 5.41) is 0.626. The molecule has 1 aliphatic rings. The molecule has 0 aromatic heterocycles. The largest absolute Gasteiger partial charge is 0.273 e. The van der Waals surface area contributed by atoms with Gasteiger partial charge in [0.15, 0.2) is 0 Å². The number of sulfonamides is 1. The number of thioether (sulfide) groups is 1. The molecule has 1 saturated heterocycles. The van der Waals surface area contributed by atoms with E-state index in [1.165, 1.54) is 40.3 Å². The van der Waals surface area contributed by atoms with E-state index in [1.54, 1.807) is 6.07 Å². The molecule has 31 heavy (non-hydrogen) atoms. The first-order valence-electron chi connectivity index (χ1n) is 9.94. The third-order valence-electron chi connectivity index (χ3n) is 4.79. The van der Waals surface area contributed by atoms with Gasteiger partial charge in [-0.25, -0.2) is 8.42 Å². The summed E-state index contributed by atoms with van der Waals surface area (Å²) in [6.45, 7) is 0.974. The number of carbonyl (C=O) groups excluding carboxylic acids is 2. The molecule has 0 atom stereocenters. The first-order valence-corrected chi connectivity index (χ1v) is 12.7. The van der Waals surface area contributed by atoms with Gasteiger partial charge in [-0.15, -0.1) is 11.8 Å². The maximum absolute atomic E-state index is 12.8. The third kappa shape index (κ3) is 6.46. The second-order valence-electron chi connectivity index (χ2n) is 7.02. The van der Waals surface area contributed by atoms with Gasteiger partial charge in [-0.1, -0.05) is 36.2 Å². The Labute approximate surface area is 191 Å². The smallest absolute Gasteiger partial charge is 0.269 e. The highest BCUT2D eigenvalue weighted by Gasteiger charge is 2.26. The maximum atomic E-state index is 12.8. The van der Waals surface area contributed by atoms with Gasteiger partial charge >= 0.3 is 0 Å². The van der Waals surface area contributed by atoms with Crippen molar-refractivity contribution in [1.82, 2.24) is 15.2 Å². The molecular formula is C21H24ClN3O4S2. The summed E-state index contributed by atoms with van der Waals surface area (Å²) in [4.78, 5) is 25.4. The van der Waals surface area contributed by atoms with Crippen molar-refractivity contribution in [2.24, 2.45) is 0 Å². The van der Waals surface area contributed by atoms with Crippen LogP contribution in [0.5, 0.6) is 0 Å². The van der Waals surface area contributed by atoms with Gasteiger partial charge in [-0.2, -0.15) is 4.31 Å². The van der Waals surface area contributed by atoms with E-state index < -0.39 is 15.9 Å². The molecule has 10 heteroatoms. The topological polar surface area (TPSA) is 95.6 Å². The molecule has 2 N–H and O–H groups in total. The highest BCUT2D eigenvalue weighted by molar-refractivity contribution is 7.99. The Morgan fingerprint density at radius 3 is 2.48 bits per heavy atom. The first-order chi connectivity index (χ1) is 14.9. The van der Waals surface area contributed by atoms with Crippen LogP contribution in [0, 0.1) is 0 Å². The molecule has 1 aliphatic heterocycles.